The minimum Gasteiger partial charge on any atom is -0.340 e. The second-order valence-electron chi connectivity index (χ2n) is 5.48. The molecule has 0 radical (unpaired) electrons. The molecule has 1 N–H and O–H groups in total. The van der Waals surface area contributed by atoms with Crippen molar-refractivity contribution in [1.82, 2.24) is 9.97 Å². The Morgan fingerprint density at radius 2 is 1.87 bits per heavy atom. The molecule has 1 aliphatic rings. The average molecular weight is 318 g/mol. The van der Waals surface area contributed by atoms with Gasteiger partial charge in [-0.15, -0.1) is 0 Å². The fourth-order valence-electron chi connectivity index (χ4n) is 2.70. The summed E-state index contributed by atoms with van der Waals surface area (Å²) in [6.07, 6.45) is 4.85. The quantitative estimate of drug-likeness (QED) is 0.945. The summed E-state index contributed by atoms with van der Waals surface area (Å²) in [5.41, 5.74) is 0.126. The van der Waals surface area contributed by atoms with Crippen LogP contribution < -0.4 is 10.2 Å². The number of carbonyl (C=O) groups excluding carboxylic acids is 1. The van der Waals surface area contributed by atoms with Crippen LogP contribution in [0.25, 0.3) is 0 Å². The first-order chi connectivity index (χ1) is 11.1. The lowest BCUT2D eigenvalue weighted by atomic mass is 9.97. The molecule has 1 amide bonds. The molecular weight excluding hydrogens is 302 g/mol. The van der Waals surface area contributed by atoms with Crippen molar-refractivity contribution < 1.29 is 13.6 Å². The Labute approximate surface area is 132 Å². The maximum absolute atomic E-state index is 13.2. The summed E-state index contributed by atoms with van der Waals surface area (Å²) >= 11 is 0. The molecule has 1 fully saturated rings. The molecule has 1 saturated heterocycles. The van der Waals surface area contributed by atoms with Crippen molar-refractivity contribution in [3.05, 3.63) is 48.3 Å². The van der Waals surface area contributed by atoms with E-state index in [1.807, 2.05) is 4.90 Å². The fraction of sp³-hybridized carbons (Fsp3) is 0.312. The van der Waals surface area contributed by atoms with E-state index in [2.05, 4.69) is 15.3 Å². The number of piperidine rings is 1. The van der Waals surface area contributed by atoms with Gasteiger partial charge in [-0.3, -0.25) is 4.79 Å². The van der Waals surface area contributed by atoms with Crippen molar-refractivity contribution >= 4 is 17.5 Å². The van der Waals surface area contributed by atoms with Gasteiger partial charge in [-0.05, 0) is 31.0 Å². The van der Waals surface area contributed by atoms with Crippen LogP contribution in [0.4, 0.5) is 20.4 Å². The van der Waals surface area contributed by atoms with Crippen molar-refractivity contribution in [2.45, 2.75) is 12.8 Å². The maximum Gasteiger partial charge on any atom is 0.229 e. The van der Waals surface area contributed by atoms with Gasteiger partial charge in [0, 0.05) is 37.2 Å². The third-order valence-corrected chi connectivity index (χ3v) is 3.76. The van der Waals surface area contributed by atoms with Gasteiger partial charge in [-0.2, -0.15) is 0 Å². The minimum atomic E-state index is -0.719. The molecule has 3 rings (SSSR count). The first-order valence-electron chi connectivity index (χ1n) is 7.41. The molecule has 0 bridgehead atoms. The topological polar surface area (TPSA) is 58.1 Å². The van der Waals surface area contributed by atoms with Crippen LogP contribution in [0.2, 0.25) is 0 Å². The lowest BCUT2D eigenvalue weighted by Crippen LogP contribution is -2.41. The second kappa shape index (κ2) is 6.68. The Bertz CT molecular complexity index is 675. The van der Waals surface area contributed by atoms with Crippen molar-refractivity contribution in [2.24, 2.45) is 5.92 Å². The summed E-state index contributed by atoms with van der Waals surface area (Å²) in [5.74, 6) is -1.39. The molecule has 5 nitrogen and oxygen atoms in total. The summed E-state index contributed by atoms with van der Waals surface area (Å²) in [4.78, 5) is 22.7. The molecule has 2 heterocycles. The Hall–Kier alpha value is -2.57. The van der Waals surface area contributed by atoms with Crippen LogP contribution in [0.1, 0.15) is 12.8 Å². The van der Waals surface area contributed by atoms with E-state index in [0.29, 0.717) is 18.9 Å². The number of rotatable bonds is 3. The molecule has 1 atom stereocenters. The normalized spacial score (nSPS) is 17.8. The van der Waals surface area contributed by atoms with Crippen LogP contribution in [-0.2, 0) is 4.79 Å². The number of halogens is 2. The third-order valence-electron chi connectivity index (χ3n) is 3.76. The van der Waals surface area contributed by atoms with Crippen LogP contribution in [0.3, 0.4) is 0 Å². The molecule has 1 aromatic heterocycles. The SMILES string of the molecule is O=C(Nc1cc(F)cc(F)c1)C1CCCN(c2ncccn2)C1. The van der Waals surface area contributed by atoms with E-state index in [1.165, 1.54) is 0 Å². The van der Waals surface area contributed by atoms with Crippen molar-refractivity contribution in [3.63, 3.8) is 0 Å². The first-order valence-corrected chi connectivity index (χ1v) is 7.41. The van der Waals surface area contributed by atoms with Crippen LogP contribution in [0.5, 0.6) is 0 Å². The molecular formula is C16H16F2N4O. The van der Waals surface area contributed by atoms with Crippen molar-refractivity contribution in [3.8, 4) is 0 Å². The van der Waals surface area contributed by atoms with Crippen LogP contribution in [0, 0.1) is 17.6 Å². The van der Waals surface area contributed by atoms with Crippen molar-refractivity contribution in [2.75, 3.05) is 23.3 Å². The van der Waals surface area contributed by atoms with Gasteiger partial charge < -0.3 is 10.2 Å². The maximum atomic E-state index is 13.2. The summed E-state index contributed by atoms with van der Waals surface area (Å²) in [6, 6.07) is 4.70. The predicted molar refractivity (Wildman–Crippen MR) is 82.0 cm³/mol. The highest BCUT2D eigenvalue weighted by Crippen LogP contribution is 2.22. The average Bonchev–Trinajstić information content (AvgIpc) is 2.55. The van der Waals surface area contributed by atoms with Gasteiger partial charge in [-0.1, -0.05) is 0 Å². The third kappa shape index (κ3) is 3.80. The Kier molecular flexibility index (Phi) is 4.45. The van der Waals surface area contributed by atoms with E-state index in [0.717, 1.165) is 31.2 Å². The smallest absolute Gasteiger partial charge is 0.229 e. The molecule has 23 heavy (non-hydrogen) atoms. The van der Waals surface area contributed by atoms with Gasteiger partial charge >= 0.3 is 0 Å². The summed E-state index contributed by atoms with van der Waals surface area (Å²) in [5, 5.41) is 2.58. The Morgan fingerprint density at radius 1 is 1.17 bits per heavy atom. The lowest BCUT2D eigenvalue weighted by molar-refractivity contribution is -0.120. The largest absolute Gasteiger partial charge is 0.340 e. The zero-order chi connectivity index (χ0) is 16.2. The van der Waals surface area contributed by atoms with E-state index in [-0.39, 0.29) is 17.5 Å². The van der Waals surface area contributed by atoms with E-state index >= 15 is 0 Å². The number of carbonyl (C=O) groups is 1. The van der Waals surface area contributed by atoms with Gasteiger partial charge in [-0.25, -0.2) is 18.7 Å². The molecule has 0 aliphatic carbocycles. The van der Waals surface area contributed by atoms with Gasteiger partial charge in [0.05, 0.1) is 5.92 Å². The summed E-state index contributed by atoms with van der Waals surface area (Å²) in [6.45, 7) is 1.26. The highest BCUT2D eigenvalue weighted by molar-refractivity contribution is 5.93. The molecule has 0 saturated carbocycles. The number of benzene rings is 1. The number of hydrogen-bond acceptors (Lipinski definition) is 4. The number of amides is 1. The number of hydrogen-bond donors (Lipinski definition) is 1. The molecule has 7 heteroatoms. The second-order valence-corrected chi connectivity index (χ2v) is 5.48. The molecule has 1 aromatic carbocycles. The molecule has 120 valence electrons. The number of nitrogens with one attached hydrogen (secondary N) is 1. The standard InChI is InChI=1S/C16H16F2N4O/c17-12-7-13(18)9-14(8-12)21-15(23)11-3-1-6-22(10-11)16-19-4-2-5-20-16/h2,4-5,7-9,11H,1,3,6,10H2,(H,21,23). The van der Waals surface area contributed by atoms with Gasteiger partial charge in [0.15, 0.2) is 0 Å². The van der Waals surface area contributed by atoms with Crippen molar-refractivity contribution in [1.29, 1.82) is 0 Å². The molecule has 1 unspecified atom stereocenters. The Morgan fingerprint density at radius 3 is 2.57 bits per heavy atom. The van der Waals surface area contributed by atoms with Crippen LogP contribution >= 0.6 is 0 Å². The van der Waals surface area contributed by atoms with E-state index in [4.69, 9.17) is 0 Å². The van der Waals surface area contributed by atoms with Gasteiger partial charge in [0.25, 0.3) is 0 Å². The highest BCUT2D eigenvalue weighted by atomic mass is 19.1. The zero-order valence-corrected chi connectivity index (χ0v) is 12.4. The fourth-order valence-corrected chi connectivity index (χ4v) is 2.70. The molecule has 1 aliphatic heterocycles. The Balaban J connectivity index is 1.67. The van der Waals surface area contributed by atoms with Crippen LogP contribution in [0.15, 0.2) is 36.7 Å². The molecule has 2 aromatic rings. The zero-order valence-electron chi connectivity index (χ0n) is 12.4. The predicted octanol–water partition coefficient (Wildman–Crippen LogP) is 2.61. The van der Waals surface area contributed by atoms with Gasteiger partial charge in [0.1, 0.15) is 11.6 Å². The minimum absolute atomic E-state index is 0.126. The highest BCUT2D eigenvalue weighted by Gasteiger charge is 2.27. The van der Waals surface area contributed by atoms with E-state index < -0.39 is 11.6 Å². The first kappa shape index (κ1) is 15.3. The monoisotopic (exact) mass is 318 g/mol. The van der Waals surface area contributed by atoms with E-state index in [1.54, 1.807) is 18.5 Å². The van der Waals surface area contributed by atoms with Crippen LogP contribution in [-0.4, -0.2) is 29.0 Å². The number of nitrogens with zero attached hydrogens (tertiary/aromatic N) is 3. The van der Waals surface area contributed by atoms with Gasteiger partial charge in [0.2, 0.25) is 11.9 Å². The lowest BCUT2D eigenvalue weighted by Gasteiger charge is -2.31. The number of aromatic nitrogens is 2. The molecule has 0 spiro atoms. The summed E-state index contributed by atoms with van der Waals surface area (Å²) in [7, 11) is 0. The summed E-state index contributed by atoms with van der Waals surface area (Å²) < 4.78 is 26.4. The number of anilines is 2. The van der Waals surface area contributed by atoms with E-state index in [9.17, 15) is 13.6 Å².